The number of carbonyl (C=O) groups excluding carboxylic acids is 1. The Labute approximate surface area is 162 Å². The summed E-state index contributed by atoms with van der Waals surface area (Å²) in [6, 6.07) is 18.6. The van der Waals surface area contributed by atoms with E-state index in [-0.39, 0.29) is 11.9 Å². The van der Waals surface area contributed by atoms with E-state index in [1.807, 2.05) is 36.4 Å². The highest BCUT2D eigenvalue weighted by atomic mass is 32.2. The zero-order valence-electron chi connectivity index (χ0n) is 15.1. The second-order valence-electron chi connectivity index (χ2n) is 6.28. The minimum atomic E-state index is 0.0872. The SMILES string of the molecule is C[C@@H](c1nc2ccccc2s1)[NH+](C)CC(=O)NCCSc1ccccc1. The van der Waals surface area contributed by atoms with E-state index in [1.165, 1.54) is 9.60 Å². The highest BCUT2D eigenvalue weighted by molar-refractivity contribution is 7.99. The van der Waals surface area contributed by atoms with E-state index in [0.717, 1.165) is 21.2 Å². The van der Waals surface area contributed by atoms with Crippen molar-refractivity contribution in [3.8, 4) is 0 Å². The molecule has 136 valence electrons. The number of quaternary nitrogens is 1. The summed E-state index contributed by atoms with van der Waals surface area (Å²) in [5.74, 6) is 0.964. The van der Waals surface area contributed by atoms with Crippen LogP contribution in [0.2, 0.25) is 0 Å². The first-order chi connectivity index (χ1) is 12.6. The van der Waals surface area contributed by atoms with Crippen LogP contribution in [0.4, 0.5) is 0 Å². The largest absolute Gasteiger partial charge is 0.350 e. The third-order valence-corrected chi connectivity index (χ3v) is 6.53. The van der Waals surface area contributed by atoms with Crippen LogP contribution in [0.5, 0.6) is 0 Å². The monoisotopic (exact) mass is 386 g/mol. The summed E-state index contributed by atoms with van der Waals surface area (Å²) in [4.78, 5) is 19.3. The number of benzene rings is 2. The minimum absolute atomic E-state index is 0.0872. The van der Waals surface area contributed by atoms with E-state index in [4.69, 9.17) is 4.98 Å². The van der Waals surface area contributed by atoms with E-state index in [2.05, 4.69) is 37.5 Å². The molecule has 0 radical (unpaired) electrons. The summed E-state index contributed by atoms with van der Waals surface area (Å²) in [6.45, 7) is 3.26. The predicted octanol–water partition coefficient (Wildman–Crippen LogP) is 2.78. The maximum atomic E-state index is 12.2. The second kappa shape index (κ2) is 9.16. The number of hydrogen-bond donors (Lipinski definition) is 2. The number of nitrogens with zero attached hydrogens (tertiary/aromatic N) is 1. The molecule has 2 atom stereocenters. The van der Waals surface area contributed by atoms with Crippen molar-refractivity contribution in [1.29, 1.82) is 0 Å². The summed E-state index contributed by atoms with van der Waals surface area (Å²) >= 11 is 3.47. The summed E-state index contributed by atoms with van der Waals surface area (Å²) in [5, 5.41) is 4.10. The number of nitrogens with one attached hydrogen (secondary N) is 2. The molecule has 2 N–H and O–H groups in total. The lowest BCUT2D eigenvalue weighted by molar-refractivity contribution is -0.902. The molecule has 1 heterocycles. The zero-order valence-corrected chi connectivity index (χ0v) is 16.7. The van der Waals surface area contributed by atoms with E-state index < -0.39 is 0 Å². The van der Waals surface area contributed by atoms with Crippen LogP contribution in [0.25, 0.3) is 10.2 Å². The maximum absolute atomic E-state index is 12.2. The molecule has 1 aromatic heterocycles. The Hall–Kier alpha value is -1.89. The van der Waals surface area contributed by atoms with Gasteiger partial charge in [0.15, 0.2) is 11.6 Å². The van der Waals surface area contributed by atoms with Crippen LogP contribution in [0, 0.1) is 0 Å². The fraction of sp³-hybridized carbons (Fsp3) is 0.300. The van der Waals surface area contributed by atoms with E-state index in [0.29, 0.717) is 13.1 Å². The first kappa shape index (κ1) is 18.9. The summed E-state index contributed by atoms with van der Waals surface area (Å²) in [7, 11) is 2.05. The van der Waals surface area contributed by atoms with Crippen molar-refractivity contribution < 1.29 is 9.69 Å². The Balaban J connectivity index is 1.44. The third kappa shape index (κ3) is 5.06. The van der Waals surface area contributed by atoms with Gasteiger partial charge in [-0.1, -0.05) is 30.3 Å². The van der Waals surface area contributed by atoms with Gasteiger partial charge in [-0.3, -0.25) is 4.79 Å². The number of para-hydroxylation sites is 1. The summed E-state index contributed by atoms with van der Waals surface area (Å²) < 4.78 is 1.20. The number of carbonyl (C=O) groups is 1. The van der Waals surface area contributed by atoms with Crippen LogP contribution in [0.15, 0.2) is 59.5 Å². The number of rotatable bonds is 8. The molecule has 0 aliphatic rings. The molecule has 4 nitrogen and oxygen atoms in total. The van der Waals surface area contributed by atoms with Gasteiger partial charge in [0.05, 0.1) is 17.3 Å². The normalized spacial score (nSPS) is 13.5. The van der Waals surface area contributed by atoms with Gasteiger partial charge in [-0.05, 0) is 31.2 Å². The lowest BCUT2D eigenvalue weighted by Gasteiger charge is -2.19. The molecular weight excluding hydrogens is 362 g/mol. The number of likely N-dealkylation sites (N-methyl/N-ethyl adjacent to an activating group) is 1. The average molecular weight is 387 g/mol. The van der Waals surface area contributed by atoms with Crippen molar-refractivity contribution in [2.24, 2.45) is 0 Å². The van der Waals surface area contributed by atoms with Crippen LogP contribution in [-0.4, -0.2) is 36.8 Å². The molecule has 0 aliphatic carbocycles. The maximum Gasteiger partial charge on any atom is 0.275 e. The highest BCUT2D eigenvalue weighted by Gasteiger charge is 2.21. The molecule has 3 rings (SSSR count). The number of amides is 1. The van der Waals surface area contributed by atoms with Crippen molar-refractivity contribution in [1.82, 2.24) is 10.3 Å². The Morgan fingerprint density at radius 1 is 1.19 bits per heavy atom. The van der Waals surface area contributed by atoms with Crippen LogP contribution >= 0.6 is 23.1 Å². The molecule has 6 heteroatoms. The molecule has 26 heavy (non-hydrogen) atoms. The quantitative estimate of drug-likeness (QED) is 0.462. The Morgan fingerprint density at radius 2 is 1.92 bits per heavy atom. The fourth-order valence-corrected chi connectivity index (χ4v) is 4.53. The smallest absolute Gasteiger partial charge is 0.275 e. The molecule has 0 aliphatic heterocycles. The summed E-state index contributed by atoms with van der Waals surface area (Å²) in [5.41, 5.74) is 1.04. The van der Waals surface area contributed by atoms with E-state index in [9.17, 15) is 4.79 Å². The molecule has 0 fully saturated rings. The van der Waals surface area contributed by atoms with Crippen LogP contribution < -0.4 is 10.2 Å². The van der Waals surface area contributed by atoms with Gasteiger partial charge in [0, 0.05) is 17.2 Å². The molecule has 2 aromatic carbocycles. The lowest BCUT2D eigenvalue weighted by Crippen LogP contribution is -3.10. The van der Waals surface area contributed by atoms with Gasteiger partial charge in [0.2, 0.25) is 0 Å². The topological polar surface area (TPSA) is 46.4 Å². The highest BCUT2D eigenvalue weighted by Crippen LogP contribution is 2.24. The third-order valence-electron chi connectivity index (χ3n) is 4.30. The minimum Gasteiger partial charge on any atom is -0.350 e. The van der Waals surface area contributed by atoms with Crippen molar-refractivity contribution in [2.75, 3.05) is 25.9 Å². The molecule has 0 saturated carbocycles. The Morgan fingerprint density at radius 3 is 2.69 bits per heavy atom. The molecule has 1 unspecified atom stereocenters. The summed E-state index contributed by atoms with van der Waals surface area (Å²) in [6.07, 6.45) is 0. The number of fused-ring (bicyclic) bond motifs is 1. The average Bonchev–Trinajstić information content (AvgIpc) is 3.09. The lowest BCUT2D eigenvalue weighted by atomic mass is 10.3. The number of aromatic nitrogens is 1. The van der Waals surface area contributed by atoms with Crippen molar-refractivity contribution >= 4 is 39.2 Å². The van der Waals surface area contributed by atoms with Crippen molar-refractivity contribution in [2.45, 2.75) is 17.9 Å². The Kier molecular flexibility index (Phi) is 6.66. The molecule has 1 amide bonds. The first-order valence-corrected chi connectivity index (χ1v) is 10.6. The molecule has 0 saturated heterocycles. The van der Waals surface area contributed by atoms with Gasteiger partial charge < -0.3 is 10.2 Å². The molecular formula is C20H24N3OS2+. The van der Waals surface area contributed by atoms with Crippen LogP contribution in [-0.2, 0) is 4.79 Å². The van der Waals surface area contributed by atoms with Gasteiger partial charge >= 0.3 is 0 Å². The van der Waals surface area contributed by atoms with E-state index >= 15 is 0 Å². The van der Waals surface area contributed by atoms with Crippen molar-refractivity contribution in [3.05, 3.63) is 59.6 Å². The van der Waals surface area contributed by atoms with E-state index in [1.54, 1.807) is 23.1 Å². The zero-order chi connectivity index (χ0) is 18.4. The van der Waals surface area contributed by atoms with Gasteiger partial charge in [-0.25, -0.2) is 4.98 Å². The number of thiazole rings is 1. The van der Waals surface area contributed by atoms with Gasteiger partial charge in [-0.15, -0.1) is 23.1 Å². The van der Waals surface area contributed by atoms with Gasteiger partial charge in [0.1, 0.15) is 6.04 Å². The second-order valence-corrected chi connectivity index (χ2v) is 8.51. The van der Waals surface area contributed by atoms with Gasteiger partial charge in [-0.2, -0.15) is 0 Å². The molecule has 0 bridgehead atoms. The van der Waals surface area contributed by atoms with Crippen molar-refractivity contribution in [3.63, 3.8) is 0 Å². The molecule has 0 spiro atoms. The standard InChI is InChI=1S/C20H23N3OS2/c1-15(20-22-17-10-6-7-11-18(17)26-20)23(2)14-19(24)21-12-13-25-16-8-4-3-5-9-16/h3-11,15H,12-14H2,1-2H3,(H,21,24)/p+1/t15-/m0/s1. The van der Waals surface area contributed by atoms with Gasteiger partial charge in [0.25, 0.3) is 5.91 Å². The molecule has 3 aromatic rings. The Bertz CT molecular complexity index is 817. The number of thioether (sulfide) groups is 1. The van der Waals surface area contributed by atoms with Crippen LogP contribution in [0.3, 0.4) is 0 Å². The fourth-order valence-electron chi connectivity index (χ4n) is 2.63. The van der Waals surface area contributed by atoms with Crippen LogP contribution in [0.1, 0.15) is 18.0 Å². The number of hydrogen-bond acceptors (Lipinski definition) is 4. The first-order valence-electron chi connectivity index (χ1n) is 8.76. The predicted molar refractivity (Wildman–Crippen MR) is 110 cm³/mol.